The zero-order valence-corrected chi connectivity index (χ0v) is 17.3. The highest BCUT2D eigenvalue weighted by Gasteiger charge is 2.26. The van der Waals surface area contributed by atoms with Crippen LogP contribution in [0.1, 0.15) is 0 Å². The van der Waals surface area contributed by atoms with Gasteiger partial charge >= 0.3 is 0 Å². The number of para-hydroxylation sites is 1. The van der Waals surface area contributed by atoms with Crippen molar-refractivity contribution in [1.29, 1.82) is 0 Å². The van der Waals surface area contributed by atoms with Crippen molar-refractivity contribution in [1.82, 2.24) is 9.55 Å². The van der Waals surface area contributed by atoms with Crippen molar-refractivity contribution >= 4 is 50.5 Å². The lowest BCUT2D eigenvalue weighted by atomic mass is 10.1. The number of imidazole rings is 1. The Hall–Kier alpha value is -3.27. The molecule has 0 aliphatic carbocycles. The van der Waals surface area contributed by atoms with Gasteiger partial charge in [-0.15, -0.1) is 0 Å². The van der Waals surface area contributed by atoms with Crippen molar-refractivity contribution in [3.8, 4) is 16.9 Å². The molecule has 0 saturated carbocycles. The van der Waals surface area contributed by atoms with E-state index >= 15 is 0 Å². The second-order valence-electron chi connectivity index (χ2n) is 7.32. The minimum Gasteiger partial charge on any atom is -0.351 e. The largest absolute Gasteiger partial charge is 0.351 e. The maximum absolute atomic E-state index is 6.68. The van der Waals surface area contributed by atoms with Gasteiger partial charge in [0.25, 0.3) is 6.33 Å². The highest BCUT2D eigenvalue weighted by molar-refractivity contribution is 6.33. The first kappa shape index (κ1) is 17.6. The molecule has 3 heterocycles. The average molecular weight is 429 g/mol. The predicted molar refractivity (Wildman–Crippen MR) is 124 cm³/mol. The Kier molecular flexibility index (Phi) is 3.88. The van der Waals surface area contributed by atoms with E-state index in [9.17, 15) is 0 Å². The number of hydrogen-bond acceptors (Lipinski definition) is 0. The Labute approximate surface area is 182 Å². The van der Waals surface area contributed by atoms with Gasteiger partial charge < -0.3 is 4.98 Å². The number of aromatic amines is 1. The maximum atomic E-state index is 6.68. The number of aromatic nitrogens is 3. The van der Waals surface area contributed by atoms with Crippen LogP contribution in [0.5, 0.6) is 0 Å². The number of hydrogen-bond donors (Lipinski definition) is 1. The molecule has 5 heteroatoms. The first-order chi connectivity index (χ1) is 14.7. The van der Waals surface area contributed by atoms with Crippen LogP contribution in [0, 0.1) is 0 Å². The molecule has 1 N–H and O–H groups in total. The van der Waals surface area contributed by atoms with Gasteiger partial charge in [0, 0.05) is 26.9 Å². The van der Waals surface area contributed by atoms with E-state index < -0.39 is 0 Å². The van der Waals surface area contributed by atoms with Crippen LogP contribution in [0.3, 0.4) is 0 Å². The number of halogens is 2. The normalized spacial score (nSPS) is 11.7. The molecule has 0 aliphatic rings. The molecule has 0 radical (unpaired) electrons. The van der Waals surface area contributed by atoms with Crippen LogP contribution in [0.25, 0.3) is 44.3 Å². The summed E-state index contributed by atoms with van der Waals surface area (Å²) in [5.74, 6) is 0. The molecule has 3 nitrogen and oxygen atoms in total. The van der Waals surface area contributed by atoms with Crippen LogP contribution in [0.4, 0.5) is 0 Å². The van der Waals surface area contributed by atoms with Gasteiger partial charge in [-0.05, 0) is 48.5 Å². The Morgan fingerprint density at radius 1 is 0.767 bits per heavy atom. The molecule has 3 aromatic heterocycles. The van der Waals surface area contributed by atoms with E-state index in [0.717, 1.165) is 33.5 Å². The van der Waals surface area contributed by atoms with E-state index in [1.807, 2.05) is 42.5 Å². The molecule has 6 aromatic rings. The Morgan fingerprint density at radius 3 is 2.37 bits per heavy atom. The van der Waals surface area contributed by atoms with Crippen molar-refractivity contribution < 1.29 is 4.40 Å². The van der Waals surface area contributed by atoms with Crippen LogP contribution in [-0.2, 0) is 0 Å². The summed E-state index contributed by atoms with van der Waals surface area (Å²) in [5.41, 5.74) is 6.29. The van der Waals surface area contributed by atoms with Gasteiger partial charge in [0.1, 0.15) is 5.69 Å². The second-order valence-corrected chi connectivity index (χ2v) is 8.16. The third-order valence-electron chi connectivity index (χ3n) is 5.58. The fourth-order valence-corrected chi connectivity index (χ4v) is 4.57. The summed E-state index contributed by atoms with van der Waals surface area (Å²) in [5, 5.41) is 3.81. The highest BCUT2D eigenvalue weighted by atomic mass is 35.5. The molecular formula is C25H16Cl2N3+. The highest BCUT2D eigenvalue weighted by Crippen LogP contribution is 2.36. The van der Waals surface area contributed by atoms with E-state index in [1.54, 1.807) is 0 Å². The summed E-state index contributed by atoms with van der Waals surface area (Å²) in [6, 6.07) is 26.3. The SMILES string of the molecule is Clc1ccc(-n2c[n+]3ccc4c5ccccc5[nH]c4c3c2-c2ccccc2Cl)cc1. The van der Waals surface area contributed by atoms with Crippen LogP contribution >= 0.6 is 23.2 Å². The minimum absolute atomic E-state index is 0.709. The Bertz CT molecular complexity index is 1560. The molecule has 0 bridgehead atoms. The standard InChI is InChI=1S/C25H16Cl2N3/c26-16-9-11-17(12-10-16)30-15-29-14-13-19-18-5-2-4-8-22(18)28-23(19)25(29)24(30)20-6-1-3-7-21(20)27/h1-15,28H/q+1. The molecule has 0 saturated heterocycles. The topological polar surface area (TPSA) is 24.8 Å². The number of fused-ring (bicyclic) bond motifs is 5. The van der Waals surface area contributed by atoms with Crippen molar-refractivity contribution in [3.05, 3.63) is 101 Å². The average Bonchev–Trinajstić information content (AvgIpc) is 3.33. The van der Waals surface area contributed by atoms with E-state index in [0.29, 0.717) is 10.0 Å². The molecule has 144 valence electrons. The number of nitrogens with zero attached hydrogens (tertiary/aromatic N) is 2. The molecule has 30 heavy (non-hydrogen) atoms. The van der Waals surface area contributed by atoms with E-state index in [2.05, 4.69) is 62.9 Å². The monoisotopic (exact) mass is 428 g/mol. The van der Waals surface area contributed by atoms with E-state index in [4.69, 9.17) is 23.2 Å². The zero-order valence-electron chi connectivity index (χ0n) is 15.8. The molecule has 0 atom stereocenters. The smallest absolute Gasteiger partial charge is 0.254 e. The molecule has 0 fully saturated rings. The molecular weight excluding hydrogens is 413 g/mol. The maximum Gasteiger partial charge on any atom is 0.254 e. The van der Waals surface area contributed by atoms with Crippen LogP contribution < -0.4 is 4.40 Å². The van der Waals surface area contributed by atoms with Gasteiger partial charge in [0.05, 0.1) is 16.7 Å². The summed E-state index contributed by atoms with van der Waals surface area (Å²) in [4.78, 5) is 3.63. The lowest BCUT2D eigenvalue weighted by Crippen LogP contribution is -2.17. The molecule has 0 amide bonds. The molecule has 0 spiro atoms. The molecule has 3 aromatic carbocycles. The van der Waals surface area contributed by atoms with Gasteiger partial charge in [-0.3, -0.25) is 0 Å². The summed E-state index contributed by atoms with van der Waals surface area (Å²) in [7, 11) is 0. The molecule has 0 aliphatic heterocycles. The van der Waals surface area contributed by atoms with Crippen molar-refractivity contribution in [3.63, 3.8) is 0 Å². The Morgan fingerprint density at radius 2 is 1.53 bits per heavy atom. The van der Waals surface area contributed by atoms with Crippen LogP contribution in [0.2, 0.25) is 10.0 Å². The van der Waals surface area contributed by atoms with Crippen molar-refractivity contribution in [2.75, 3.05) is 0 Å². The van der Waals surface area contributed by atoms with Crippen molar-refractivity contribution in [2.24, 2.45) is 0 Å². The number of rotatable bonds is 2. The number of nitrogens with one attached hydrogen (secondary N) is 1. The van der Waals surface area contributed by atoms with Crippen LogP contribution in [0.15, 0.2) is 91.4 Å². The van der Waals surface area contributed by atoms with Gasteiger partial charge in [0.15, 0.2) is 5.69 Å². The first-order valence-corrected chi connectivity index (χ1v) is 10.4. The van der Waals surface area contributed by atoms with E-state index in [-0.39, 0.29) is 0 Å². The van der Waals surface area contributed by atoms with Gasteiger partial charge in [0.2, 0.25) is 5.52 Å². The predicted octanol–water partition coefficient (Wildman–Crippen LogP) is 6.82. The fourth-order valence-electron chi connectivity index (χ4n) is 4.22. The third-order valence-corrected chi connectivity index (χ3v) is 6.16. The van der Waals surface area contributed by atoms with Gasteiger partial charge in [-0.1, -0.05) is 53.5 Å². The van der Waals surface area contributed by atoms with E-state index in [1.165, 1.54) is 10.8 Å². The summed E-state index contributed by atoms with van der Waals surface area (Å²) >= 11 is 12.8. The summed E-state index contributed by atoms with van der Waals surface area (Å²) in [6.45, 7) is 0. The fraction of sp³-hybridized carbons (Fsp3) is 0. The second kappa shape index (κ2) is 6.63. The lowest BCUT2D eigenvalue weighted by Gasteiger charge is -2.05. The lowest BCUT2D eigenvalue weighted by molar-refractivity contribution is -0.510. The third kappa shape index (κ3) is 2.56. The summed E-state index contributed by atoms with van der Waals surface area (Å²) in [6.07, 6.45) is 4.19. The molecule has 0 unspecified atom stereocenters. The van der Waals surface area contributed by atoms with Crippen LogP contribution in [-0.4, -0.2) is 9.55 Å². The number of benzene rings is 3. The minimum atomic E-state index is 0.709. The first-order valence-electron chi connectivity index (χ1n) is 9.67. The van der Waals surface area contributed by atoms with Crippen molar-refractivity contribution in [2.45, 2.75) is 0 Å². The quantitative estimate of drug-likeness (QED) is 0.292. The Balaban J connectivity index is 1.80. The molecule has 6 rings (SSSR count). The van der Waals surface area contributed by atoms with Gasteiger partial charge in [-0.2, -0.15) is 8.97 Å². The summed E-state index contributed by atoms with van der Waals surface area (Å²) < 4.78 is 4.31. The zero-order chi connectivity index (χ0) is 20.2. The number of pyridine rings is 1. The van der Waals surface area contributed by atoms with Gasteiger partial charge in [-0.25, -0.2) is 0 Å². The number of H-pyrrole nitrogens is 1.